The number of hydrogen-bond acceptors (Lipinski definition) is 2. The molecule has 0 aliphatic heterocycles. The smallest absolute Gasteiger partial charge is 0.311 e. The number of carboxylic acids is 1. The highest BCUT2D eigenvalue weighted by Gasteiger charge is 2.25. The van der Waals surface area contributed by atoms with Gasteiger partial charge in [-0.1, -0.05) is 0 Å². The van der Waals surface area contributed by atoms with Crippen LogP contribution in [0.2, 0.25) is 0 Å². The van der Waals surface area contributed by atoms with Crippen LogP contribution in [0.25, 0.3) is 0 Å². The number of aliphatic carboxylic acids is 1. The zero-order valence-electron chi connectivity index (χ0n) is 6.60. The highest BCUT2D eigenvalue weighted by atomic mass is 16.4. The van der Waals surface area contributed by atoms with E-state index in [-0.39, 0.29) is 6.42 Å². The maximum atomic E-state index is 10.4. The first-order valence-corrected chi connectivity index (χ1v) is 4.01. The summed E-state index contributed by atoms with van der Waals surface area (Å²) in [6.45, 7) is 0. The summed E-state index contributed by atoms with van der Waals surface area (Å²) in [7, 11) is 0. The molecule has 1 aromatic rings. The van der Waals surface area contributed by atoms with Gasteiger partial charge in [0.15, 0.2) is 0 Å². The van der Waals surface area contributed by atoms with Crippen molar-refractivity contribution in [1.29, 1.82) is 0 Å². The van der Waals surface area contributed by atoms with Gasteiger partial charge in [0.2, 0.25) is 0 Å². The number of carboxylic acid groups (broad SMARTS) is 1. The van der Waals surface area contributed by atoms with Gasteiger partial charge in [0.05, 0.1) is 0 Å². The zero-order valence-corrected chi connectivity index (χ0v) is 6.60. The Morgan fingerprint density at radius 2 is 2.50 bits per heavy atom. The first-order chi connectivity index (χ1) is 5.77. The average molecular weight is 166 g/mol. The number of carbonyl (C=O) groups is 1. The maximum absolute atomic E-state index is 10.4. The van der Waals surface area contributed by atoms with Crippen LogP contribution in [-0.2, 0) is 11.2 Å². The molecule has 4 heteroatoms. The lowest BCUT2D eigenvalue weighted by Gasteiger charge is -2.02. The predicted octanol–water partition coefficient (Wildman–Crippen LogP) is 0.845. The summed E-state index contributed by atoms with van der Waals surface area (Å²) in [5.41, 5.74) is 0. The second-order valence-corrected chi connectivity index (χ2v) is 3.05. The van der Waals surface area contributed by atoms with Crippen molar-refractivity contribution in [2.45, 2.75) is 25.3 Å². The minimum Gasteiger partial charge on any atom is -0.481 e. The minimum atomic E-state index is -0.817. The SMILES string of the molecule is O=C(O)Cc1nccn1C1CC1. The molecule has 12 heavy (non-hydrogen) atoms. The van der Waals surface area contributed by atoms with Crippen molar-refractivity contribution < 1.29 is 9.90 Å². The molecule has 1 aliphatic rings. The summed E-state index contributed by atoms with van der Waals surface area (Å²) < 4.78 is 1.97. The molecule has 0 spiro atoms. The Kier molecular flexibility index (Phi) is 1.60. The molecule has 2 rings (SSSR count). The summed E-state index contributed by atoms with van der Waals surface area (Å²) in [4.78, 5) is 14.4. The average Bonchev–Trinajstić information content (AvgIpc) is 2.73. The van der Waals surface area contributed by atoms with Crippen LogP contribution >= 0.6 is 0 Å². The van der Waals surface area contributed by atoms with E-state index in [0.717, 1.165) is 12.8 Å². The Morgan fingerprint density at radius 1 is 1.75 bits per heavy atom. The third-order valence-electron chi connectivity index (χ3n) is 2.00. The second-order valence-electron chi connectivity index (χ2n) is 3.05. The monoisotopic (exact) mass is 166 g/mol. The Hall–Kier alpha value is -1.32. The van der Waals surface area contributed by atoms with Crippen LogP contribution in [0, 0.1) is 0 Å². The van der Waals surface area contributed by atoms with Crippen LogP contribution in [-0.4, -0.2) is 20.6 Å². The quantitative estimate of drug-likeness (QED) is 0.724. The molecule has 0 aromatic carbocycles. The van der Waals surface area contributed by atoms with Crippen molar-refractivity contribution in [3.63, 3.8) is 0 Å². The summed E-state index contributed by atoms with van der Waals surface area (Å²) in [6.07, 6.45) is 5.86. The van der Waals surface area contributed by atoms with Crippen LogP contribution in [0.4, 0.5) is 0 Å². The molecule has 0 amide bonds. The van der Waals surface area contributed by atoms with E-state index in [1.165, 1.54) is 0 Å². The molecule has 1 aliphatic carbocycles. The largest absolute Gasteiger partial charge is 0.481 e. The Balaban J connectivity index is 2.18. The van der Waals surface area contributed by atoms with Gasteiger partial charge in [-0.3, -0.25) is 4.79 Å². The first kappa shape index (κ1) is 7.34. The van der Waals surface area contributed by atoms with Gasteiger partial charge < -0.3 is 9.67 Å². The topological polar surface area (TPSA) is 55.1 Å². The third kappa shape index (κ3) is 1.32. The molecule has 0 atom stereocenters. The van der Waals surface area contributed by atoms with Crippen LogP contribution in [0.5, 0.6) is 0 Å². The molecule has 0 saturated heterocycles. The van der Waals surface area contributed by atoms with E-state index in [1.54, 1.807) is 6.20 Å². The number of nitrogens with zero attached hydrogens (tertiary/aromatic N) is 2. The van der Waals surface area contributed by atoms with E-state index >= 15 is 0 Å². The second kappa shape index (κ2) is 2.62. The zero-order chi connectivity index (χ0) is 8.55. The Bertz CT molecular complexity index is 302. The number of rotatable bonds is 3. The van der Waals surface area contributed by atoms with Gasteiger partial charge in [-0.05, 0) is 12.8 Å². The summed E-state index contributed by atoms with van der Waals surface area (Å²) in [5.74, 6) is -0.145. The number of hydrogen-bond donors (Lipinski definition) is 1. The summed E-state index contributed by atoms with van der Waals surface area (Å²) in [5, 5.41) is 8.56. The predicted molar refractivity (Wildman–Crippen MR) is 41.8 cm³/mol. The Labute approximate surface area is 69.8 Å². The molecule has 64 valence electrons. The summed E-state index contributed by atoms with van der Waals surface area (Å²) >= 11 is 0. The number of imidazole rings is 1. The first-order valence-electron chi connectivity index (χ1n) is 4.01. The molecule has 1 fully saturated rings. The molecule has 1 heterocycles. The fourth-order valence-electron chi connectivity index (χ4n) is 1.30. The van der Waals surface area contributed by atoms with Gasteiger partial charge in [0.25, 0.3) is 0 Å². The molecule has 1 saturated carbocycles. The van der Waals surface area contributed by atoms with Gasteiger partial charge in [0.1, 0.15) is 12.2 Å². The lowest BCUT2D eigenvalue weighted by molar-refractivity contribution is -0.136. The molecular weight excluding hydrogens is 156 g/mol. The molecule has 1 aromatic heterocycles. The van der Waals surface area contributed by atoms with Crippen molar-refractivity contribution in [1.82, 2.24) is 9.55 Å². The molecule has 4 nitrogen and oxygen atoms in total. The van der Waals surface area contributed by atoms with Crippen LogP contribution in [0.3, 0.4) is 0 Å². The lowest BCUT2D eigenvalue weighted by atomic mass is 10.4. The van der Waals surface area contributed by atoms with Crippen molar-refractivity contribution in [3.8, 4) is 0 Å². The fraction of sp³-hybridized carbons (Fsp3) is 0.500. The van der Waals surface area contributed by atoms with E-state index < -0.39 is 5.97 Å². The molecular formula is C8H10N2O2. The van der Waals surface area contributed by atoms with Crippen molar-refractivity contribution in [2.75, 3.05) is 0 Å². The standard InChI is InChI=1S/C8H10N2O2/c11-8(12)5-7-9-3-4-10(7)6-1-2-6/h3-4,6H,1-2,5H2,(H,11,12). The minimum absolute atomic E-state index is 0.0312. The third-order valence-corrected chi connectivity index (χ3v) is 2.00. The van der Waals surface area contributed by atoms with Crippen molar-refractivity contribution in [2.24, 2.45) is 0 Å². The molecule has 0 radical (unpaired) electrons. The van der Waals surface area contributed by atoms with Gasteiger partial charge in [-0.25, -0.2) is 4.98 Å². The van der Waals surface area contributed by atoms with Crippen molar-refractivity contribution >= 4 is 5.97 Å². The molecule has 0 unspecified atom stereocenters. The molecule has 1 N–H and O–H groups in total. The van der Waals surface area contributed by atoms with E-state index in [4.69, 9.17) is 5.11 Å². The highest BCUT2D eigenvalue weighted by molar-refractivity contribution is 5.69. The lowest BCUT2D eigenvalue weighted by Crippen LogP contribution is -2.07. The van der Waals surface area contributed by atoms with Crippen LogP contribution in [0.15, 0.2) is 12.4 Å². The van der Waals surface area contributed by atoms with E-state index in [9.17, 15) is 4.79 Å². The van der Waals surface area contributed by atoms with Gasteiger partial charge in [-0.15, -0.1) is 0 Å². The van der Waals surface area contributed by atoms with E-state index in [0.29, 0.717) is 11.9 Å². The molecule has 0 bridgehead atoms. The number of aromatic nitrogens is 2. The van der Waals surface area contributed by atoms with Crippen molar-refractivity contribution in [3.05, 3.63) is 18.2 Å². The van der Waals surface area contributed by atoms with Crippen LogP contribution < -0.4 is 0 Å². The van der Waals surface area contributed by atoms with Gasteiger partial charge in [-0.2, -0.15) is 0 Å². The fourth-order valence-corrected chi connectivity index (χ4v) is 1.30. The summed E-state index contributed by atoms with van der Waals surface area (Å²) in [6, 6.07) is 0.516. The maximum Gasteiger partial charge on any atom is 0.311 e. The van der Waals surface area contributed by atoms with Gasteiger partial charge in [0, 0.05) is 18.4 Å². The van der Waals surface area contributed by atoms with E-state index in [1.807, 2.05) is 10.8 Å². The Morgan fingerprint density at radius 3 is 3.08 bits per heavy atom. The van der Waals surface area contributed by atoms with Crippen LogP contribution in [0.1, 0.15) is 24.7 Å². The van der Waals surface area contributed by atoms with Gasteiger partial charge >= 0.3 is 5.97 Å². The van der Waals surface area contributed by atoms with E-state index in [2.05, 4.69) is 4.98 Å². The normalized spacial score (nSPS) is 16.3. The highest BCUT2D eigenvalue weighted by Crippen LogP contribution is 2.35.